The fraction of sp³-hybridized carbons (Fsp3) is 0.600. The molecule has 1 rings (SSSR count). The third-order valence-corrected chi connectivity index (χ3v) is 3.22. The van der Waals surface area contributed by atoms with Gasteiger partial charge in [0.25, 0.3) is 0 Å². The molecule has 0 heterocycles. The standard InChI is InChI=1S/C15H25NO4/c1-12-3-4-15(13(2)9-12)20-11-14(19)10-16(5-7-17)6-8-18/h3-4,9,14,17-19H,5-8,10-11H2,1-2H3/p+1/t14-/m0/s1. The van der Waals surface area contributed by atoms with E-state index in [-0.39, 0.29) is 19.8 Å². The van der Waals surface area contributed by atoms with Crippen LogP contribution in [0, 0.1) is 13.8 Å². The van der Waals surface area contributed by atoms with Gasteiger partial charge in [-0.15, -0.1) is 0 Å². The molecule has 0 unspecified atom stereocenters. The summed E-state index contributed by atoms with van der Waals surface area (Å²) in [5.74, 6) is 0.778. The zero-order valence-electron chi connectivity index (χ0n) is 12.3. The summed E-state index contributed by atoms with van der Waals surface area (Å²) in [6, 6.07) is 5.92. The van der Waals surface area contributed by atoms with Gasteiger partial charge in [0, 0.05) is 0 Å². The lowest BCUT2D eigenvalue weighted by atomic mass is 10.1. The average Bonchev–Trinajstić information content (AvgIpc) is 2.38. The van der Waals surface area contributed by atoms with Crippen molar-refractivity contribution in [3.8, 4) is 5.75 Å². The Morgan fingerprint density at radius 3 is 2.35 bits per heavy atom. The summed E-state index contributed by atoms with van der Waals surface area (Å²) in [7, 11) is 0. The number of ether oxygens (including phenoxy) is 1. The highest BCUT2D eigenvalue weighted by Crippen LogP contribution is 2.18. The molecule has 0 spiro atoms. The van der Waals surface area contributed by atoms with E-state index in [1.165, 1.54) is 5.56 Å². The summed E-state index contributed by atoms with van der Waals surface area (Å²) in [6.45, 7) is 5.78. The van der Waals surface area contributed by atoms with E-state index in [4.69, 9.17) is 14.9 Å². The maximum absolute atomic E-state index is 9.97. The summed E-state index contributed by atoms with van der Waals surface area (Å²) >= 11 is 0. The molecule has 0 aliphatic rings. The van der Waals surface area contributed by atoms with E-state index in [0.717, 1.165) is 16.2 Å². The molecule has 0 saturated heterocycles. The maximum Gasteiger partial charge on any atom is 0.137 e. The number of rotatable bonds is 9. The molecule has 0 aliphatic carbocycles. The molecule has 0 fully saturated rings. The van der Waals surface area contributed by atoms with Gasteiger partial charge in [-0.3, -0.25) is 0 Å². The zero-order valence-corrected chi connectivity index (χ0v) is 12.3. The van der Waals surface area contributed by atoms with Gasteiger partial charge >= 0.3 is 0 Å². The van der Waals surface area contributed by atoms with Crippen LogP contribution < -0.4 is 9.64 Å². The van der Waals surface area contributed by atoms with Crippen LogP contribution in [0.3, 0.4) is 0 Å². The normalized spacial score (nSPS) is 12.7. The van der Waals surface area contributed by atoms with Gasteiger partial charge in [-0.1, -0.05) is 17.7 Å². The molecule has 1 aromatic carbocycles. The minimum absolute atomic E-state index is 0.0416. The number of hydrogen-bond donors (Lipinski definition) is 4. The van der Waals surface area contributed by atoms with Crippen molar-refractivity contribution in [3.05, 3.63) is 29.3 Å². The Bertz CT molecular complexity index is 391. The Morgan fingerprint density at radius 2 is 1.80 bits per heavy atom. The number of benzene rings is 1. The smallest absolute Gasteiger partial charge is 0.137 e. The molecule has 5 nitrogen and oxygen atoms in total. The second-order valence-electron chi connectivity index (χ2n) is 5.14. The van der Waals surface area contributed by atoms with E-state index in [1.54, 1.807) is 0 Å². The van der Waals surface area contributed by atoms with Crippen molar-refractivity contribution in [2.45, 2.75) is 20.0 Å². The summed E-state index contributed by atoms with van der Waals surface area (Å²) in [5, 5.41) is 27.8. The molecule has 0 radical (unpaired) electrons. The van der Waals surface area contributed by atoms with E-state index in [0.29, 0.717) is 19.6 Å². The minimum atomic E-state index is -0.621. The number of quaternary nitrogens is 1. The minimum Gasteiger partial charge on any atom is -0.490 e. The number of aliphatic hydroxyl groups is 3. The van der Waals surface area contributed by atoms with Crippen molar-refractivity contribution in [1.82, 2.24) is 0 Å². The van der Waals surface area contributed by atoms with Crippen molar-refractivity contribution in [3.63, 3.8) is 0 Å². The Hall–Kier alpha value is -1.14. The van der Waals surface area contributed by atoms with E-state index >= 15 is 0 Å². The Kier molecular flexibility index (Phi) is 7.54. The van der Waals surface area contributed by atoms with E-state index in [9.17, 15) is 5.11 Å². The highest BCUT2D eigenvalue weighted by molar-refractivity contribution is 5.35. The van der Waals surface area contributed by atoms with E-state index in [1.807, 2.05) is 32.0 Å². The predicted molar refractivity (Wildman–Crippen MR) is 77.2 cm³/mol. The van der Waals surface area contributed by atoms with Crippen LogP contribution in [-0.2, 0) is 0 Å². The number of nitrogens with one attached hydrogen (secondary N) is 1. The highest BCUT2D eigenvalue weighted by atomic mass is 16.5. The summed E-state index contributed by atoms with van der Waals surface area (Å²) < 4.78 is 5.62. The molecule has 5 heteroatoms. The average molecular weight is 284 g/mol. The van der Waals surface area contributed by atoms with Crippen LogP contribution >= 0.6 is 0 Å². The summed E-state index contributed by atoms with van der Waals surface area (Å²) in [5.41, 5.74) is 2.23. The van der Waals surface area contributed by atoms with Crippen LogP contribution in [0.15, 0.2) is 18.2 Å². The van der Waals surface area contributed by atoms with Gasteiger partial charge < -0.3 is 25.0 Å². The molecule has 0 aliphatic heterocycles. The maximum atomic E-state index is 9.97. The first-order valence-corrected chi connectivity index (χ1v) is 7.00. The molecule has 0 amide bonds. The van der Waals surface area contributed by atoms with Gasteiger partial charge in [-0.2, -0.15) is 0 Å². The first kappa shape index (κ1) is 16.9. The Morgan fingerprint density at radius 1 is 1.15 bits per heavy atom. The lowest BCUT2D eigenvalue weighted by molar-refractivity contribution is -0.903. The number of aliphatic hydroxyl groups excluding tert-OH is 3. The monoisotopic (exact) mass is 284 g/mol. The topological polar surface area (TPSA) is 74.4 Å². The van der Waals surface area contributed by atoms with Crippen LogP contribution in [0.25, 0.3) is 0 Å². The number of aryl methyl sites for hydroxylation is 2. The Labute approximate surface area is 120 Å². The first-order chi connectivity index (χ1) is 9.56. The molecule has 20 heavy (non-hydrogen) atoms. The van der Waals surface area contributed by atoms with Crippen LogP contribution in [-0.4, -0.2) is 60.9 Å². The van der Waals surface area contributed by atoms with E-state index in [2.05, 4.69) is 0 Å². The Balaban J connectivity index is 2.43. The summed E-state index contributed by atoms with van der Waals surface area (Å²) in [6.07, 6.45) is -0.621. The van der Waals surface area contributed by atoms with Gasteiger partial charge in [0.05, 0.1) is 13.2 Å². The molecule has 0 bridgehead atoms. The molecular formula is C15H26NO4+. The van der Waals surface area contributed by atoms with Crippen LogP contribution in [0.5, 0.6) is 5.75 Å². The molecular weight excluding hydrogens is 258 g/mol. The van der Waals surface area contributed by atoms with Crippen molar-refractivity contribution >= 4 is 0 Å². The van der Waals surface area contributed by atoms with Crippen molar-refractivity contribution in [2.24, 2.45) is 0 Å². The zero-order chi connectivity index (χ0) is 15.0. The van der Waals surface area contributed by atoms with Gasteiger partial charge in [0.15, 0.2) is 0 Å². The largest absolute Gasteiger partial charge is 0.490 e. The molecule has 4 N–H and O–H groups in total. The molecule has 0 saturated carbocycles. The fourth-order valence-corrected chi connectivity index (χ4v) is 2.18. The van der Waals surface area contributed by atoms with E-state index < -0.39 is 6.10 Å². The molecule has 0 aromatic heterocycles. The molecule has 1 aromatic rings. The SMILES string of the molecule is Cc1ccc(OC[C@@H](O)C[NH+](CCO)CCO)c(C)c1. The fourth-order valence-electron chi connectivity index (χ4n) is 2.18. The predicted octanol–water partition coefficient (Wildman–Crippen LogP) is -1.09. The quantitative estimate of drug-likeness (QED) is 0.465. The lowest BCUT2D eigenvalue weighted by Gasteiger charge is -2.21. The third kappa shape index (κ3) is 5.88. The van der Waals surface area contributed by atoms with Crippen molar-refractivity contribution < 1.29 is 25.0 Å². The van der Waals surface area contributed by atoms with Gasteiger partial charge in [0.1, 0.15) is 38.1 Å². The van der Waals surface area contributed by atoms with Crippen LogP contribution in [0.1, 0.15) is 11.1 Å². The lowest BCUT2D eigenvalue weighted by Crippen LogP contribution is -3.14. The van der Waals surface area contributed by atoms with Crippen molar-refractivity contribution in [1.29, 1.82) is 0 Å². The number of hydrogen-bond acceptors (Lipinski definition) is 4. The van der Waals surface area contributed by atoms with Gasteiger partial charge in [-0.05, 0) is 25.5 Å². The van der Waals surface area contributed by atoms with Crippen LogP contribution in [0.4, 0.5) is 0 Å². The van der Waals surface area contributed by atoms with Gasteiger partial charge in [0.2, 0.25) is 0 Å². The third-order valence-electron chi connectivity index (χ3n) is 3.22. The molecule has 114 valence electrons. The summed E-state index contributed by atoms with van der Waals surface area (Å²) in [4.78, 5) is 0.965. The second-order valence-corrected chi connectivity index (χ2v) is 5.14. The van der Waals surface area contributed by atoms with Gasteiger partial charge in [-0.25, -0.2) is 0 Å². The molecule has 1 atom stereocenters. The van der Waals surface area contributed by atoms with Crippen LogP contribution in [0.2, 0.25) is 0 Å². The first-order valence-electron chi connectivity index (χ1n) is 7.00. The highest BCUT2D eigenvalue weighted by Gasteiger charge is 2.15. The second kappa shape index (κ2) is 8.92. The van der Waals surface area contributed by atoms with Crippen molar-refractivity contribution in [2.75, 3.05) is 39.5 Å².